The molecule has 0 bridgehead atoms. The molecule has 1 aromatic carbocycles. The minimum atomic E-state index is -4.50. The number of alkyl halides is 3. The molecular weight excluding hydrogens is 287 g/mol. The van der Waals surface area contributed by atoms with E-state index < -0.39 is 11.9 Å². The molecule has 0 N–H and O–H groups in total. The SMILES string of the molecule is O=Cc1cc2c(c(-c3ccc(C(F)(F)F)nc3)c1)OCO2. The van der Waals surface area contributed by atoms with Gasteiger partial charge in [-0.3, -0.25) is 9.78 Å². The number of pyridine rings is 1. The number of fused-ring (bicyclic) bond motifs is 1. The van der Waals surface area contributed by atoms with Crippen molar-refractivity contribution >= 4 is 6.29 Å². The van der Waals surface area contributed by atoms with Crippen LogP contribution in [0.4, 0.5) is 13.2 Å². The van der Waals surface area contributed by atoms with E-state index in [4.69, 9.17) is 9.47 Å². The Morgan fingerprint density at radius 3 is 2.62 bits per heavy atom. The minimum Gasteiger partial charge on any atom is -0.454 e. The summed E-state index contributed by atoms with van der Waals surface area (Å²) >= 11 is 0. The number of halogens is 3. The highest BCUT2D eigenvalue weighted by Gasteiger charge is 2.32. The molecule has 4 nitrogen and oxygen atoms in total. The highest BCUT2D eigenvalue weighted by atomic mass is 19.4. The fourth-order valence-corrected chi connectivity index (χ4v) is 2.03. The number of aromatic nitrogens is 1. The van der Waals surface area contributed by atoms with E-state index in [-0.39, 0.29) is 6.79 Å². The van der Waals surface area contributed by atoms with Crippen molar-refractivity contribution in [1.29, 1.82) is 0 Å². The third-order valence-corrected chi connectivity index (χ3v) is 3.00. The number of hydrogen-bond donors (Lipinski definition) is 0. The molecule has 2 aromatic rings. The Hall–Kier alpha value is -2.57. The Kier molecular flexibility index (Phi) is 3.04. The van der Waals surface area contributed by atoms with Crippen LogP contribution in [0.25, 0.3) is 11.1 Å². The van der Waals surface area contributed by atoms with E-state index in [0.29, 0.717) is 34.5 Å². The molecule has 7 heteroatoms. The maximum atomic E-state index is 12.5. The molecule has 0 radical (unpaired) electrons. The molecule has 0 saturated heterocycles. The molecule has 0 amide bonds. The summed E-state index contributed by atoms with van der Waals surface area (Å²) in [6.07, 6.45) is -2.78. The summed E-state index contributed by atoms with van der Waals surface area (Å²) in [4.78, 5) is 14.3. The van der Waals surface area contributed by atoms with Crippen molar-refractivity contribution in [3.8, 4) is 22.6 Å². The summed E-state index contributed by atoms with van der Waals surface area (Å²) in [6.45, 7) is -0.00128. The van der Waals surface area contributed by atoms with Gasteiger partial charge in [0, 0.05) is 22.9 Å². The van der Waals surface area contributed by atoms with E-state index >= 15 is 0 Å². The minimum absolute atomic E-state index is 0.00128. The highest BCUT2D eigenvalue weighted by molar-refractivity contribution is 5.84. The van der Waals surface area contributed by atoms with E-state index in [9.17, 15) is 18.0 Å². The maximum Gasteiger partial charge on any atom is 0.433 e. The van der Waals surface area contributed by atoms with Gasteiger partial charge in [-0.25, -0.2) is 0 Å². The molecule has 0 atom stereocenters. The van der Waals surface area contributed by atoms with Gasteiger partial charge in [-0.1, -0.05) is 6.07 Å². The molecule has 1 aromatic heterocycles. The number of rotatable bonds is 2. The zero-order valence-electron chi connectivity index (χ0n) is 10.5. The van der Waals surface area contributed by atoms with Gasteiger partial charge < -0.3 is 9.47 Å². The van der Waals surface area contributed by atoms with Crippen LogP contribution >= 0.6 is 0 Å². The van der Waals surface area contributed by atoms with Crippen LogP contribution in [0, 0.1) is 0 Å². The Morgan fingerprint density at radius 1 is 1.19 bits per heavy atom. The van der Waals surface area contributed by atoms with E-state index in [1.54, 1.807) is 0 Å². The van der Waals surface area contributed by atoms with Crippen molar-refractivity contribution < 1.29 is 27.4 Å². The first-order valence-electron chi connectivity index (χ1n) is 5.91. The summed E-state index contributed by atoms with van der Waals surface area (Å²) in [5, 5.41) is 0. The lowest BCUT2D eigenvalue weighted by molar-refractivity contribution is -0.141. The summed E-state index contributed by atoms with van der Waals surface area (Å²) in [7, 11) is 0. The Bertz CT molecular complexity index is 696. The molecule has 0 fully saturated rings. The zero-order valence-corrected chi connectivity index (χ0v) is 10.5. The van der Waals surface area contributed by atoms with Gasteiger partial charge in [-0.2, -0.15) is 13.2 Å². The van der Waals surface area contributed by atoms with Gasteiger partial charge in [0.15, 0.2) is 11.5 Å². The maximum absolute atomic E-state index is 12.5. The van der Waals surface area contributed by atoms with Crippen LogP contribution in [0.3, 0.4) is 0 Å². The third-order valence-electron chi connectivity index (χ3n) is 3.00. The first-order chi connectivity index (χ1) is 9.99. The molecule has 0 unspecified atom stereocenters. The van der Waals surface area contributed by atoms with Gasteiger partial charge in [-0.05, 0) is 18.2 Å². The fourth-order valence-electron chi connectivity index (χ4n) is 2.03. The second kappa shape index (κ2) is 4.76. The summed E-state index contributed by atoms with van der Waals surface area (Å²) < 4.78 is 48.0. The molecule has 3 rings (SSSR count). The average molecular weight is 295 g/mol. The average Bonchev–Trinajstić information content (AvgIpc) is 2.93. The van der Waals surface area contributed by atoms with Crippen LogP contribution in [0.15, 0.2) is 30.5 Å². The number of nitrogens with zero attached hydrogens (tertiary/aromatic N) is 1. The van der Waals surface area contributed by atoms with Crippen LogP contribution in [0.5, 0.6) is 11.5 Å². The van der Waals surface area contributed by atoms with E-state index in [2.05, 4.69) is 4.98 Å². The molecule has 0 saturated carbocycles. The second-order valence-corrected chi connectivity index (χ2v) is 4.35. The summed E-state index contributed by atoms with van der Waals surface area (Å²) in [6, 6.07) is 5.19. The lowest BCUT2D eigenvalue weighted by Gasteiger charge is -2.09. The van der Waals surface area contributed by atoms with Crippen molar-refractivity contribution in [2.45, 2.75) is 6.18 Å². The molecular formula is C14H8F3NO3. The molecule has 0 aliphatic carbocycles. The number of carbonyl (C=O) groups is 1. The smallest absolute Gasteiger partial charge is 0.433 e. The van der Waals surface area contributed by atoms with Gasteiger partial charge in [0.2, 0.25) is 6.79 Å². The van der Waals surface area contributed by atoms with E-state index in [1.165, 1.54) is 18.2 Å². The van der Waals surface area contributed by atoms with Crippen molar-refractivity contribution in [1.82, 2.24) is 4.98 Å². The molecule has 1 aliphatic heterocycles. The normalized spacial score (nSPS) is 13.3. The van der Waals surface area contributed by atoms with E-state index in [1.807, 2.05) is 0 Å². The van der Waals surface area contributed by atoms with Crippen LogP contribution in [-0.2, 0) is 6.18 Å². The predicted octanol–water partition coefficient (Wildman–Crippen LogP) is 3.31. The van der Waals surface area contributed by atoms with Gasteiger partial charge in [0.25, 0.3) is 0 Å². The number of ether oxygens (including phenoxy) is 2. The topological polar surface area (TPSA) is 48.4 Å². The van der Waals surface area contributed by atoms with Gasteiger partial charge in [0.05, 0.1) is 0 Å². The highest BCUT2D eigenvalue weighted by Crippen LogP contribution is 2.42. The summed E-state index contributed by atoms with van der Waals surface area (Å²) in [5.41, 5.74) is 0.238. The second-order valence-electron chi connectivity index (χ2n) is 4.35. The summed E-state index contributed by atoms with van der Waals surface area (Å²) in [5.74, 6) is 0.775. The molecule has 0 spiro atoms. The molecule has 2 heterocycles. The zero-order chi connectivity index (χ0) is 15.0. The Labute approximate surface area is 117 Å². The monoisotopic (exact) mass is 295 g/mol. The first kappa shape index (κ1) is 13.4. The molecule has 21 heavy (non-hydrogen) atoms. The predicted molar refractivity (Wildman–Crippen MR) is 66.2 cm³/mol. The van der Waals surface area contributed by atoms with Crippen molar-refractivity contribution in [2.75, 3.05) is 6.79 Å². The largest absolute Gasteiger partial charge is 0.454 e. The van der Waals surface area contributed by atoms with Gasteiger partial charge in [0.1, 0.15) is 12.0 Å². The lowest BCUT2D eigenvalue weighted by Crippen LogP contribution is -2.07. The number of aldehydes is 1. The van der Waals surface area contributed by atoms with Crippen molar-refractivity contribution in [3.63, 3.8) is 0 Å². The van der Waals surface area contributed by atoms with Crippen molar-refractivity contribution in [3.05, 3.63) is 41.7 Å². The molecule has 1 aliphatic rings. The standard InChI is InChI=1S/C14H8F3NO3/c15-14(16,17)12-2-1-9(5-18-12)10-3-8(6-19)4-11-13(10)21-7-20-11/h1-6H,7H2. The van der Waals surface area contributed by atoms with Gasteiger partial charge in [-0.15, -0.1) is 0 Å². The number of hydrogen-bond acceptors (Lipinski definition) is 4. The van der Waals surface area contributed by atoms with Crippen molar-refractivity contribution in [2.24, 2.45) is 0 Å². The number of carbonyl (C=O) groups excluding carboxylic acids is 1. The molecule has 108 valence electrons. The van der Waals surface area contributed by atoms with Crippen LogP contribution in [-0.4, -0.2) is 18.1 Å². The third kappa shape index (κ3) is 2.42. The van der Waals surface area contributed by atoms with Crippen LogP contribution in [0.2, 0.25) is 0 Å². The fraction of sp³-hybridized carbons (Fsp3) is 0.143. The quantitative estimate of drug-likeness (QED) is 0.798. The first-order valence-corrected chi connectivity index (χ1v) is 5.91. The van der Waals surface area contributed by atoms with Crippen LogP contribution in [0.1, 0.15) is 16.1 Å². The lowest BCUT2D eigenvalue weighted by atomic mass is 10.0. The number of benzene rings is 1. The van der Waals surface area contributed by atoms with Gasteiger partial charge >= 0.3 is 6.18 Å². The Balaban J connectivity index is 2.08. The van der Waals surface area contributed by atoms with E-state index in [0.717, 1.165) is 12.3 Å². The van der Waals surface area contributed by atoms with Crippen LogP contribution < -0.4 is 9.47 Å². The Morgan fingerprint density at radius 2 is 2.00 bits per heavy atom.